The third kappa shape index (κ3) is 5.72. The molecule has 1 saturated heterocycles. The average molecular weight is 464 g/mol. The van der Waals surface area contributed by atoms with Crippen LogP contribution in [-0.4, -0.2) is 53.2 Å². The third-order valence-corrected chi connectivity index (χ3v) is 6.14. The highest BCUT2D eigenvalue weighted by Crippen LogP contribution is 2.29. The number of fused-ring (bicyclic) bond motifs is 1. The van der Waals surface area contributed by atoms with Crippen LogP contribution in [0.2, 0.25) is 0 Å². The van der Waals surface area contributed by atoms with Crippen molar-refractivity contribution in [1.82, 2.24) is 15.3 Å². The number of amides is 1. The van der Waals surface area contributed by atoms with E-state index >= 15 is 0 Å². The molecule has 0 unspecified atom stereocenters. The molecule has 4 N–H and O–H groups in total. The fourth-order valence-corrected chi connectivity index (χ4v) is 4.28. The lowest BCUT2D eigenvalue weighted by atomic mass is 9.95. The fraction of sp³-hybridized carbons (Fsp3) is 0.360. The van der Waals surface area contributed by atoms with Crippen LogP contribution in [0.5, 0.6) is 5.75 Å². The van der Waals surface area contributed by atoms with Gasteiger partial charge in [0.15, 0.2) is 0 Å². The van der Waals surface area contributed by atoms with Gasteiger partial charge >= 0.3 is 5.97 Å². The molecule has 0 saturated carbocycles. The minimum atomic E-state index is -0.873. The number of hydrogen-bond donors (Lipinski definition) is 3. The molecule has 4 rings (SSSR count). The summed E-state index contributed by atoms with van der Waals surface area (Å²) in [6.45, 7) is 2.30. The van der Waals surface area contributed by atoms with Crippen LogP contribution in [0.25, 0.3) is 10.8 Å². The molecule has 0 radical (unpaired) electrons. The Morgan fingerprint density at radius 2 is 1.91 bits per heavy atom. The van der Waals surface area contributed by atoms with Gasteiger partial charge in [-0.1, -0.05) is 0 Å². The van der Waals surface area contributed by atoms with Crippen molar-refractivity contribution < 1.29 is 19.4 Å². The molecule has 178 valence electrons. The topological polar surface area (TPSA) is 131 Å². The van der Waals surface area contributed by atoms with E-state index in [1.54, 1.807) is 24.7 Å². The SMILES string of the molecule is Nc1nccc2cc(CCC(=O)O)c(OCCNC(=O)C3CCN(c4ccncc4)CC3)cc12. The van der Waals surface area contributed by atoms with Crippen molar-refractivity contribution in [2.45, 2.75) is 25.7 Å². The van der Waals surface area contributed by atoms with E-state index in [1.165, 1.54) is 0 Å². The van der Waals surface area contributed by atoms with E-state index in [0.29, 0.717) is 24.5 Å². The number of nitrogens with zero attached hydrogens (tertiary/aromatic N) is 3. The summed E-state index contributed by atoms with van der Waals surface area (Å²) in [6.07, 6.45) is 7.11. The highest BCUT2D eigenvalue weighted by molar-refractivity contribution is 5.92. The number of carbonyl (C=O) groups is 2. The first-order valence-electron chi connectivity index (χ1n) is 11.5. The number of piperidine rings is 1. The first-order valence-corrected chi connectivity index (χ1v) is 11.5. The van der Waals surface area contributed by atoms with Crippen LogP contribution in [0.4, 0.5) is 11.5 Å². The van der Waals surface area contributed by atoms with Crippen molar-refractivity contribution in [3.8, 4) is 5.75 Å². The van der Waals surface area contributed by atoms with Crippen molar-refractivity contribution in [2.24, 2.45) is 5.92 Å². The first kappa shape index (κ1) is 23.3. The second-order valence-corrected chi connectivity index (χ2v) is 8.38. The Morgan fingerprint density at radius 3 is 2.65 bits per heavy atom. The highest BCUT2D eigenvalue weighted by atomic mass is 16.5. The number of carbonyl (C=O) groups excluding carboxylic acids is 1. The smallest absolute Gasteiger partial charge is 0.303 e. The minimum absolute atomic E-state index is 0.00262. The van der Waals surface area contributed by atoms with Gasteiger partial charge in [0.25, 0.3) is 0 Å². The Bertz CT molecular complexity index is 1150. The number of aromatic nitrogens is 2. The van der Waals surface area contributed by atoms with Crippen LogP contribution in [0.3, 0.4) is 0 Å². The maximum Gasteiger partial charge on any atom is 0.303 e. The predicted molar refractivity (Wildman–Crippen MR) is 130 cm³/mol. The van der Waals surface area contributed by atoms with Gasteiger partial charge in [0.1, 0.15) is 18.2 Å². The molecule has 1 aliphatic heterocycles. The monoisotopic (exact) mass is 463 g/mol. The number of hydrogen-bond acceptors (Lipinski definition) is 7. The summed E-state index contributed by atoms with van der Waals surface area (Å²) < 4.78 is 5.94. The second-order valence-electron chi connectivity index (χ2n) is 8.38. The standard InChI is InChI=1S/C25H29N5O4/c26-24-21-16-22(19(1-2-23(31)32)15-18(21)3-10-28-24)34-14-11-29-25(33)17-6-12-30(13-7-17)20-4-8-27-9-5-20/h3-5,8-10,15-17H,1-2,6-7,11-14H2,(H2,26,28)(H,29,33)(H,31,32). The van der Waals surface area contributed by atoms with Gasteiger partial charge < -0.3 is 25.8 Å². The molecule has 2 aromatic heterocycles. The van der Waals surface area contributed by atoms with Crippen LogP contribution >= 0.6 is 0 Å². The Kier molecular flexibility index (Phi) is 7.41. The average Bonchev–Trinajstić information content (AvgIpc) is 2.86. The molecule has 3 aromatic rings. The maximum atomic E-state index is 12.6. The Morgan fingerprint density at radius 1 is 1.15 bits per heavy atom. The molecular formula is C25H29N5O4. The molecule has 3 heterocycles. The van der Waals surface area contributed by atoms with Gasteiger partial charge in [-0.15, -0.1) is 0 Å². The molecule has 9 heteroatoms. The number of carboxylic acid groups (broad SMARTS) is 1. The highest BCUT2D eigenvalue weighted by Gasteiger charge is 2.24. The summed E-state index contributed by atoms with van der Waals surface area (Å²) in [5.41, 5.74) is 7.92. The Balaban J connectivity index is 1.30. The van der Waals surface area contributed by atoms with Gasteiger partial charge in [-0.3, -0.25) is 14.6 Å². The van der Waals surface area contributed by atoms with Crippen LogP contribution in [0.1, 0.15) is 24.8 Å². The number of rotatable bonds is 9. The van der Waals surface area contributed by atoms with Crippen molar-refractivity contribution in [2.75, 3.05) is 36.9 Å². The quantitative estimate of drug-likeness (QED) is 0.413. The molecule has 0 atom stereocenters. The predicted octanol–water partition coefficient (Wildman–Crippen LogP) is 2.64. The van der Waals surface area contributed by atoms with Crippen LogP contribution < -0.4 is 20.7 Å². The van der Waals surface area contributed by atoms with Gasteiger partial charge in [0.05, 0.1) is 6.54 Å². The Hall–Kier alpha value is -3.88. The van der Waals surface area contributed by atoms with E-state index in [9.17, 15) is 9.59 Å². The lowest BCUT2D eigenvalue weighted by Gasteiger charge is -2.32. The van der Waals surface area contributed by atoms with Crippen molar-refractivity contribution in [1.29, 1.82) is 0 Å². The van der Waals surface area contributed by atoms with Crippen molar-refractivity contribution in [3.63, 3.8) is 0 Å². The zero-order chi connectivity index (χ0) is 23.9. The number of carboxylic acids is 1. The number of nitrogens with two attached hydrogens (primary N) is 1. The summed E-state index contributed by atoms with van der Waals surface area (Å²) in [6, 6.07) is 9.49. The number of ether oxygens (including phenoxy) is 1. The number of nitrogen functional groups attached to an aromatic ring is 1. The summed E-state index contributed by atoms with van der Waals surface area (Å²) in [5, 5.41) is 13.7. The van der Waals surface area contributed by atoms with Gasteiger partial charge in [-0.25, -0.2) is 4.98 Å². The summed E-state index contributed by atoms with van der Waals surface area (Å²) in [5.74, 6) is 0.0984. The summed E-state index contributed by atoms with van der Waals surface area (Å²) in [7, 11) is 0. The molecule has 0 spiro atoms. The van der Waals surface area contributed by atoms with Crippen molar-refractivity contribution in [3.05, 3.63) is 54.5 Å². The van der Waals surface area contributed by atoms with E-state index in [1.807, 2.05) is 24.3 Å². The van der Waals surface area contributed by atoms with Gasteiger partial charge in [-0.2, -0.15) is 0 Å². The normalized spacial score (nSPS) is 14.2. The second kappa shape index (κ2) is 10.8. The van der Waals surface area contributed by atoms with Gasteiger partial charge in [0.2, 0.25) is 5.91 Å². The van der Waals surface area contributed by atoms with Crippen LogP contribution in [-0.2, 0) is 16.0 Å². The lowest BCUT2D eigenvalue weighted by molar-refractivity contribution is -0.137. The number of anilines is 2. The maximum absolute atomic E-state index is 12.6. The Labute approximate surface area is 197 Å². The zero-order valence-electron chi connectivity index (χ0n) is 18.9. The minimum Gasteiger partial charge on any atom is -0.491 e. The molecule has 34 heavy (non-hydrogen) atoms. The molecule has 1 aromatic carbocycles. The van der Waals surface area contributed by atoms with Crippen LogP contribution in [0.15, 0.2) is 48.9 Å². The summed E-state index contributed by atoms with van der Waals surface area (Å²) in [4.78, 5) is 34.1. The zero-order valence-corrected chi connectivity index (χ0v) is 18.9. The van der Waals surface area contributed by atoms with Gasteiger partial charge in [0, 0.05) is 55.1 Å². The first-order chi connectivity index (χ1) is 16.5. The molecule has 0 bridgehead atoms. The number of aliphatic carboxylic acids is 1. The largest absolute Gasteiger partial charge is 0.491 e. The molecule has 9 nitrogen and oxygen atoms in total. The number of aryl methyl sites for hydroxylation is 1. The van der Waals surface area contributed by atoms with E-state index in [-0.39, 0.29) is 24.9 Å². The van der Waals surface area contributed by atoms with E-state index in [4.69, 9.17) is 15.6 Å². The fourth-order valence-electron chi connectivity index (χ4n) is 4.28. The molecule has 1 fully saturated rings. The molecule has 1 amide bonds. The van der Waals surface area contributed by atoms with Crippen molar-refractivity contribution >= 4 is 34.2 Å². The number of pyridine rings is 2. The number of nitrogens with one attached hydrogen (secondary N) is 1. The third-order valence-electron chi connectivity index (χ3n) is 6.14. The van der Waals surface area contributed by atoms with E-state index < -0.39 is 5.97 Å². The van der Waals surface area contributed by atoms with Crippen LogP contribution in [0, 0.1) is 5.92 Å². The van der Waals surface area contributed by atoms with E-state index in [0.717, 1.165) is 48.0 Å². The lowest BCUT2D eigenvalue weighted by Crippen LogP contribution is -2.41. The van der Waals surface area contributed by atoms with Gasteiger partial charge in [-0.05, 0) is 60.5 Å². The number of benzene rings is 1. The molecule has 1 aliphatic rings. The van der Waals surface area contributed by atoms with E-state index in [2.05, 4.69) is 20.2 Å². The summed E-state index contributed by atoms with van der Waals surface area (Å²) >= 11 is 0. The molecular weight excluding hydrogens is 434 g/mol. The molecule has 0 aliphatic carbocycles.